The number of methoxy groups -OCH3 is 1. The largest absolute Gasteiger partial charge is 0.467 e. The van der Waals surface area contributed by atoms with Gasteiger partial charge in [0, 0.05) is 6.42 Å². The van der Waals surface area contributed by atoms with Crippen molar-refractivity contribution in [3.8, 4) is 12.3 Å². The Labute approximate surface area is 95.5 Å². The zero-order valence-corrected chi connectivity index (χ0v) is 9.62. The van der Waals surface area contributed by atoms with E-state index in [4.69, 9.17) is 11.2 Å². The van der Waals surface area contributed by atoms with Gasteiger partial charge in [0.1, 0.15) is 6.04 Å². The molecular weight excluding hydrogens is 210 g/mol. The molecule has 90 valence electrons. The number of rotatable bonds is 6. The molecule has 0 aromatic rings. The third kappa shape index (κ3) is 5.91. The summed E-state index contributed by atoms with van der Waals surface area (Å²) in [7, 11) is 1.23. The Kier molecular flexibility index (Phi) is 7.68. The first kappa shape index (κ1) is 14.3. The number of alkyl carbamates (subject to hydrolysis) is 1. The molecule has 1 N–H and O–H groups in total. The summed E-state index contributed by atoms with van der Waals surface area (Å²) in [5, 5.41) is 2.35. The van der Waals surface area contributed by atoms with Gasteiger partial charge in [-0.15, -0.1) is 12.3 Å². The SMILES string of the molecule is C#CCC(NC(=O)OCCCC)C(=O)OC. The van der Waals surface area contributed by atoms with E-state index in [9.17, 15) is 9.59 Å². The van der Waals surface area contributed by atoms with E-state index in [-0.39, 0.29) is 6.42 Å². The smallest absolute Gasteiger partial charge is 0.407 e. The van der Waals surface area contributed by atoms with Gasteiger partial charge in [0.05, 0.1) is 13.7 Å². The van der Waals surface area contributed by atoms with Crippen molar-refractivity contribution in [1.82, 2.24) is 5.32 Å². The van der Waals surface area contributed by atoms with Crippen molar-refractivity contribution < 1.29 is 19.1 Å². The Morgan fingerprint density at radius 3 is 2.69 bits per heavy atom. The molecular formula is C11H17NO4. The van der Waals surface area contributed by atoms with Crippen LogP contribution >= 0.6 is 0 Å². The molecule has 1 unspecified atom stereocenters. The van der Waals surface area contributed by atoms with Crippen LogP contribution in [-0.2, 0) is 14.3 Å². The maximum absolute atomic E-state index is 11.2. The summed E-state index contributed by atoms with van der Waals surface area (Å²) in [6.07, 6.45) is 6.21. The Morgan fingerprint density at radius 2 is 2.19 bits per heavy atom. The number of carbonyl (C=O) groups excluding carboxylic acids is 2. The van der Waals surface area contributed by atoms with Crippen LogP contribution in [-0.4, -0.2) is 31.8 Å². The number of ether oxygens (including phenoxy) is 2. The van der Waals surface area contributed by atoms with Crippen LogP contribution in [0.5, 0.6) is 0 Å². The van der Waals surface area contributed by atoms with Crippen LogP contribution in [0.4, 0.5) is 4.79 Å². The number of carbonyl (C=O) groups is 2. The van der Waals surface area contributed by atoms with Crippen molar-refractivity contribution in [3.05, 3.63) is 0 Å². The molecule has 5 nitrogen and oxygen atoms in total. The zero-order chi connectivity index (χ0) is 12.4. The van der Waals surface area contributed by atoms with Crippen LogP contribution in [0, 0.1) is 12.3 Å². The van der Waals surface area contributed by atoms with Crippen LogP contribution in [0.15, 0.2) is 0 Å². The zero-order valence-electron chi connectivity index (χ0n) is 9.62. The van der Waals surface area contributed by atoms with Crippen LogP contribution in [0.2, 0.25) is 0 Å². The molecule has 0 aromatic heterocycles. The molecule has 0 spiro atoms. The first-order valence-electron chi connectivity index (χ1n) is 5.10. The molecule has 1 amide bonds. The number of hydrogen-bond acceptors (Lipinski definition) is 4. The minimum atomic E-state index is -0.843. The monoisotopic (exact) mass is 227 g/mol. The minimum Gasteiger partial charge on any atom is -0.467 e. The molecule has 0 rings (SSSR count). The van der Waals surface area contributed by atoms with E-state index in [1.165, 1.54) is 7.11 Å². The topological polar surface area (TPSA) is 64.6 Å². The normalized spacial score (nSPS) is 11.1. The average Bonchev–Trinajstić information content (AvgIpc) is 2.28. The van der Waals surface area contributed by atoms with Gasteiger partial charge in [0.25, 0.3) is 0 Å². The van der Waals surface area contributed by atoms with Gasteiger partial charge in [-0.05, 0) is 6.42 Å². The molecule has 0 aliphatic heterocycles. The lowest BCUT2D eigenvalue weighted by Gasteiger charge is -2.13. The van der Waals surface area contributed by atoms with Gasteiger partial charge in [0.15, 0.2) is 0 Å². The highest BCUT2D eigenvalue weighted by atomic mass is 16.6. The molecule has 0 heterocycles. The van der Waals surface area contributed by atoms with E-state index in [1.807, 2.05) is 6.92 Å². The van der Waals surface area contributed by atoms with Gasteiger partial charge in [-0.1, -0.05) is 13.3 Å². The van der Waals surface area contributed by atoms with Crippen molar-refractivity contribution in [2.75, 3.05) is 13.7 Å². The van der Waals surface area contributed by atoms with E-state index < -0.39 is 18.1 Å². The summed E-state index contributed by atoms with van der Waals surface area (Å²) < 4.78 is 9.31. The Hall–Kier alpha value is -1.70. The highest BCUT2D eigenvalue weighted by Gasteiger charge is 2.20. The van der Waals surface area contributed by atoms with E-state index >= 15 is 0 Å². The minimum absolute atomic E-state index is 0.0789. The molecule has 0 bridgehead atoms. The maximum Gasteiger partial charge on any atom is 0.407 e. The first-order valence-corrected chi connectivity index (χ1v) is 5.10. The van der Waals surface area contributed by atoms with Gasteiger partial charge >= 0.3 is 12.1 Å². The average molecular weight is 227 g/mol. The predicted octanol–water partition coefficient (Wildman–Crippen LogP) is 1.08. The second-order valence-electron chi connectivity index (χ2n) is 3.12. The molecule has 0 aromatic carbocycles. The quantitative estimate of drug-likeness (QED) is 0.419. The summed E-state index contributed by atoms with van der Waals surface area (Å²) >= 11 is 0. The molecule has 0 fully saturated rings. The van der Waals surface area contributed by atoms with Gasteiger partial charge < -0.3 is 14.8 Å². The third-order valence-corrected chi connectivity index (χ3v) is 1.83. The summed E-state index contributed by atoms with van der Waals surface area (Å²) in [6, 6.07) is -0.843. The first-order chi connectivity index (χ1) is 7.65. The third-order valence-electron chi connectivity index (χ3n) is 1.83. The second-order valence-corrected chi connectivity index (χ2v) is 3.12. The number of terminal acetylenes is 1. The summed E-state index contributed by atoms with van der Waals surface area (Å²) in [6.45, 7) is 2.31. The van der Waals surface area contributed by atoms with E-state index in [0.29, 0.717) is 6.61 Å². The van der Waals surface area contributed by atoms with Gasteiger partial charge in [-0.25, -0.2) is 9.59 Å². The molecule has 0 aliphatic carbocycles. The van der Waals surface area contributed by atoms with Gasteiger partial charge in [-0.3, -0.25) is 0 Å². The fraction of sp³-hybridized carbons (Fsp3) is 0.636. The Balaban J connectivity index is 4.04. The number of nitrogens with one attached hydrogen (secondary N) is 1. The van der Waals surface area contributed by atoms with E-state index in [1.54, 1.807) is 0 Å². The molecule has 1 atom stereocenters. The van der Waals surface area contributed by atoms with Crippen molar-refractivity contribution in [2.45, 2.75) is 32.2 Å². The molecule has 0 saturated heterocycles. The molecule has 5 heteroatoms. The number of unbranched alkanes of at least 4 members (excludes halogenated alkanes) is 1. The van der Waals surface area contributed by atoms with Crippen molar-refractivity contribution >= 4 is 12.1 Å². The van der Waals surface area contributed by atoms with Crippen LogP contribution in [0.25, 0.3) is 0 Å². The van der Waals surface area contributed by atoms with Gasteiger partial charge in [0.2, 0.25) is 0 Å². The Bertz CT molecular complexity index is 270. The van der Waals surface area contributed by atoms with E-state index in [2.05, 4.69) is 16.0 Å². The molecule has 0 aliphatic rings. The van der Waals surface area contributed by atoms with Crippen molar-refractivity contribution in [1.29, 1.82) is 0 Å². The lowest BCUT2D eigenvalue weighted by atomic mass is 10.2. The summed E-state index contributed by atoms with van der Waals surface area (Å²) in [5.41, 5.74) is 0. The Morgan fingerprint density at radius 1 is 1.50 bits per heavy atom. The lowest BCUT2D eigenvalue weighted by Crippen LogP contribution is -2.41. The maximum atomic E-state index is 11.2. The number of esters is 1. The molecule has 16 heavy (non-hydrogen) atoms. The second kappa shape index (κ2) is 8.60. The highest BCUT2D eigenvalue weighted by molar-refractivity contribution is 5.81. The van der Waals surface area contributed by atoms with Crippen LogP contribution in [0.1, 0.15) is 26.2 Å². The van der Waals surface area contributed by atoms with Crippen molar-refractivity contribution in [3.63, 3.8) is 0 Å². The number of amides is 1. The van der Waals surface area contributed by atoms with Crippen LogP contribution in [0.3, 0.4) is 0 Å². The fourth-order valence-electron chi connectivity index (χ4n) is 0.947. The summed E-state index contributed by atoms with van der Waals surface area (Å²) in [4.78, 5) is 22.4. The fourth-order valence-corrected chi connectivity index (χ4v) is 0.947. The lowest BCUT2D eigenvalue weighted by molar-refractivity contribution is -0.142. The van der Waals surface area contributed by atoms with E-state index in [0.717, 1.165) is 12.8 Å². The van der Waals surface area contributed by atoms with Crippen molar-refractivity contribution in [2.24, 2.45) is 0 Å². The standard InChI is InChI=1S/C11H17NO4/c1-4-6-8-16-11(14)12-9(7-5-2)10(13)15-3/h2,9H,4,6-8H2,1,3H3,(H,12,14). The summed E-state index contributed by atoms with van der Waals surface area (Å²) in [5.74, 6) is 1.71. The van der Waals surface area contributed by atoms with Crippen LogP contribution < -0.4 is 5.32 Å². The predicted molar refractivity (Wildman–Crippen MR) is 58.6 cm³/mol. The number of hydrogen-bond donors (Lipinski definition) is 1. The highest BCUT2D eigenvalue weighted by Crippen LogP contribution is 1.96. The molecule has 0 saturated carbocycles. The van der Waals surface area contributed by atoms with Gasteiger partial charge in [-0.2, -0.15) is 0 Å². The molecule has 0 radical (unpaired) electrons.